The summed E-state index contributed by atoms with van der Waals surface area (Å²) in [5, 5.41) is 0. The highest BCUT2D eigenvalue weighted by Crippen LogP contribution is 2.30. The molecular weight excluding hydrogens is 318 g/mol. The number of nitrogens with zero attached hydrogens (tertiary/aromatic N) is 1. The first kappa shape index (κ1) is 15.2. The highest BCUT2D eigenvalue weighted by atomic mass is 79.9. The Kier molecular flexibility index (Phi) is 4.63. The summed E-state index contributed by atoms with van der Waals surface area (Å²) in [5.74, 6) is -0.531. The van der Waals surface area contributed by atoms with Gasteiger partial charge in [-0.3, -0.25) is 9.59 Å². The van der Waals surface area contributed by atoms with Gasteiger partial charge in [0, 0.05) is 22.6 Å². The molecule has 1 unspecified atom stereocenters. The van der Waals surface area contributed by atoms with Gasteiger partial charge in [-0.25, -0.2) is 0 Å². The van der Waals surface area contributed by atoms with Crippen molar-refractivity contribution in [2.75, 3.05) is 11.4 Å². The van der Waals surface area contributed by atoms with Crippen molar-refractivity contribution in [2.45, 2.75) is 33.6 Å². The Labute approximate surface area is 128 Å². The van der Waals surface area contributed by atoms with Crippen LogP contribution in [-0.4, -0.2) is 18.2 Å². The normalized spacial score (nSPS) is 19.6. The Bertz CT molecular complexity index is 539. The summed E-state index contributed by atoms with van der Waals surface area (Å²) in [7, 11) is 0. The first-order valence-corrected chi connectivity index (χ1v) is 7.82. The van der Waals surface area contributed by atoms with Gasteiger partial charge in [-0.05, 0) is 43.5 Å². The number of halogens is 1. The summed E-state index contributed by atoms with van der Waals surface area (Å²) in [6.45, 7) is 6.41. The van der Waals surface area contributed by atoms with Crippen LogP contribution in [0.25, 0.3) is 0 Å². The average Bonchev–Trinajstić information content (AvgIpc) is 2.39. The topological polar surface area (TPSA) is 37.4 Å². The molecule has 1 aromatic rings. The number of anilines is 1. The maximum absolute atomic E-state index is 12.6. The van der Waals surface area contributed by atoms with Crippen LogP contribution in [0, 0.1) is 18.8 Å². The zero-order valence-electron chi connectivity index (χ0n) is 12.1. The van der Waals surface area contributed by atoms with Crippen molar-refractivity contribution in [1.29, 1.82) is 0 Å². The van der Waals surface area contributed by atoms with E-state index >= 15 is 0 Å². The van der Waals surface area contributed by atoms with Crippen LogP contribution >= 0.6 is 15.9 Å². The Balaban J connectivity index is 2.28. The molecule has 1 heterocycles. The number of hydrogen-bond acceptors (Lipinski definition) is 2. The maximum Gasteiger partial charge on any atom is 0.237 e. The predicted molar refractivity (Wildman–Crippen MR) is 83.8 cm³/mol. The number of carbonyl (C=O) groups excluding carboxylic acids is 2. The molecule has 1 aliphatic rings. The van der Waals surface area contributed by atoms with Gasteiger partial charge < -0.3 is 4.90 Å². The number of ketones is 1. The fraction of sp³-hybridized carbons (Fsp3) is 0.500. The molecule has 0 saturated carbocycles. The molecule has 0 bridgehead atoms. The van der Waals surface area contributed by atoms with E-state index < -0.39 is 5.92 Å². The van der Waals surface area contributed by atoms with Gasteiger partial charge in [0.15, 0.2) is 0 Å². The number of hydrogen-bond donors (Lipinski definition) is 0. The fourth-order valence-electron chi connectivity index (χ4n) is 2.70. The van der Waals surface area contributed by atoms with Crippen molar-refractivity contribution >= 4 is 33.3 Å². The zero-order valence-corrected chi connectivity index (χ0v) is 13.7. The second-order valence-electron chi connectivity index (χ2n) is 5.67. The van der Waals surface area contributed by atoms with Gasteiger partial charge in [-0.1, -0.05) is 29.8 Å². The molecule has 1 aliphatic heterocycles. The number of aryl methyl sites for hydroxylation is 1. The lowest BCUT2D eigenvalue weighted by atomic mass is 9.87. The zero-order chi connectivity index (χ0) is 14.9. The lowest BCUT2D eigenvalue weighted by molar-refractivity contribution is -0.135. The molecule has 20 heavy (non-hydrogen) atoms. The third-order valence-corrected chi connectivity index (χ3v) is 4.29. The molecule has 108 valence electrons. The van der Waals surface area contributed by atoms with E-state index in [9.17, 15) is 9.59 Å². The molecule has 1 fully saturated rings. The van der Waals surface area contributed by atoms with Crippen molar-refractivity contribution < 1.29 is 9.59 Å². The van der Waals surface area contributed by atoms with Crippen molar-refractivity contribution in [3.05, 3.63) is 28.2 Å². The summed E-state index contributed by atoms with van der Waals surface area (Å²) >= 11 is 3.43. The Morgan fingerprint density at radius 2 is 2.10 bits per heavy atom. The second kappa shape index (κ2) is 6.08. The van der Waals surface area contributed by atoms with Crippen LogP contribution in [0.3, 0.4) is 0 Å². The number of rotatable bonds is 3. The minimum absolute atomic E-state index is 0.0413. The van der Waals surface area contributed by atoms with E-state index in [2.05, 4.69) is 15.9 Å². The SMILES string of the molecule is Cc1cc(Br)ccc1N1CCCC(C(=O)C(C)C)C1=O. The highest BCUT2D eigenvalue weighted by Gasteiger charge is 2.35. The molecule has 4 heteroatoms. The van der Waals surface area contributed by atoms with Gasteiger partial charge in [0.25, 0.3) is 0 Å². The Morgan fingerprint density at radius 1 is 1.40 bits per heavy atom. The molecule has 0 radical (unpaired) electrons. The number of amides is 1. The van der Waals surface area contributed by atoms with E-state index in [-0.39, 0.29) is 17.6 Å². The molecule has 1 aromatic carbocycles. The van der Waals surface area contributed by atoms with Gasteiger partial charge in [-0.2, -0.15) is 0 Å². The molecule has 0 spiro atoms. The van der Waals surface area contributed by atoms with Crippen molar-refractivity contribution in [2.24, 2.45) is 11.8 Å². The fourth-order valence-corrected chi connectivity index (χ4v) is 3.18. The standard InChI is InChI=1S/C16H20BrNO2/c1-10(2)15(19)13-5-4-8-18(16(13)20)14-7-6-12(17)9-11(14)3/h6-7,9-10,13H,4-5,8H2,1-3H3. The van der Waals surface area contributed by atoms with E-state index in [4.69, 9.17) is 0 Å². The molecule has 3 nitrogen and oxygen atoms in total. The molecule has 0 aromatic heterocycles. The number of Topliss-reactive ketones (excluding diaryl/α,β-unsaturated/α-hetero) is 1. The quantitative estimate of drug-likeness (QED) is 0.788. The molecule has 2 rings (SSSR count). The van der Waals surface area contributed by atoms with E-state index in [1.165, 1.54) is 0 Å². The van der Waals surface area contributed by atoms with Crippen LogP contribution in [0.4, 0.5) is 5.69 Å². The maximum atomic E-state index is 12.6. The molecular formula is C16H20BrNO2. The van der Waals surface area contributed by atoms with Crippen LogP contribution in [0.1, 0.15) is 32.3 Å². The van der Waals surface area contributed by atoms with Gasteiger partial charge in [0.2, 0.25) is 5.91 Å². The Hall–Kier alpha value is -1.16. The number of benzene rings is 1. The number of piperidine rings is 1. The van der Waals surface area contributed by atoms with Crippen molar-refractivity contribution in [3.8, 4) is 0 Å². The second-order valence-corrected chi connectivity index (χ2v) is 6.59. The van der Waals surface area contributed by atoms with Crippen LogP contribution in [0.15, 0.2) is 22.7 Å². The highest BCUT2D eigenvalue weighted by molar-refractivity contribution is 9.10. The minimum Gasteiger partial charge on any atom is -0.312 e. The third-order valence-electron chi connectivity index (χ3n) is 3.80. The molecule has 1 atom stereocenters. The Morgan fingerprint density at radius 3 is 2.70 bits per heavy atom. The summed E-state index contributed by atoms with van der Waals surface area (Å²) in [6, 6.07) is 5.87. The van der Waals surface area contributed by atoms with Crippen LogP contribution in [0.2, 0.25) is 0 Å². The van der Waals surface area contributed by atoms with Gasteiger partial charge in [0.1, 0.15) is 5.78 Å². The van der Waals surface area contributed by atoms with Crippen molar-refractivity contribution in [3.63, 3.8) is 0 Å². The van der Waals surface area contributed by atoms with Gasteiger partial charge >= 0.3 is 0 Å². The van der Waals surface area contributed by atoms with Gasteiger partial charge in [0.05, 0.1) is 5.92 Å². The van der Waals surface area contributed by atoms with Crippen LogP contribution < -0.4 is 4.90 Å². The predicted octanol–water partition coefficient (Wildman–Crippen LogP) is 3.73. The van der Waals surface area contributed by atoms with Crippen LogP contribution in [0.5, 0.6) is 0 Å². The lowest BCUT2D eigenvalue weighted by Crippen LogP contribution is -2.45. The first-order valence-electron chi connectivity index (χ1n) is 7.03. The molecule has 0 N–H and O–H groups in total. The largest absolute Gasteiger partial charge is 0.312 e. The van der Waals surface area contributed by atoms with E-state index in [0.29, 0.717) is 13.0 Å². The van der Waals surface area contributed by atoms with Crippen molar-refractivity contribution in [1.82, 2.24) is 0 Å². The third kappa shape index (κ3) is 2.95. The summed E-state index contributed by atoms with van der Waals surface area (Å²) < 4.78 is 0.998. The summed E-state index contributed by atoms with van der Waals surface area (Å²) in [5.41, 5.74) is 1.96. The van der Waals surface area contributed by atoms with E-state index in [1.807, 2.05) is 39.0 Å². The van der Waals surface area contributed by atoms with E-state index in [0.717, 1.165) is 22.1 Å². The summed E-state index contributed by atoms with van der Waals surface area (Å²) in [4.78, 5) is 26.5. The first-order chi connectivity index (χ1) is 9.41. The monoisotopic (exact) mass is 337 g/mol. The molecule has 1 amide bonds. The summed E-state index contributed by atoms with van der Waals surface area (Å²) in [6.07, 6.45) is 1.56. The smallest absolute Gasteiger partial charge is 0.237 e. The minimum atomic E-state index is -0.466. The van der Waals surface area contributed by atoms with Crippen LogP contribution in [-0.2, 0) is 9.59 Å². The lowest BCUT2D eigenvalue weighted by Gasteiger charge is -2.33. The molecule has 1 saturated heterocycles. The van der Waals surface area contributed by atoms with Gasteiger partial charge in [-0.15, -0.1) is 0 Å². The number of carbonyl (C=O) groups is 2. The molecule has 0 aliphatic carbocycles. The average molecular weight is 338 g/mol. The van der Waals surface area contributed by atoms with E-state index in [1.54, 1.807) is 4.90 Å².